The van der Waals surface area contributed by atoms with Crippen molar-refractivity contribution < 1.29 is 135 Å². The smallest absolute Gasteiger partial charge is 0.187 e. The lowest BCUT2D eigenvalue weighted by Crippen LogP contribution is -2.67. The van der Waals surface area contributed by atoms with Gasteiger partial charge in [0.25, 0.3) is 0 Å². The van der Waals surface area contributed by atoms with Crippen molar-refractivity contribution in [2.75, 3.05) is 33.0 Å². The second kappa shape index (κ2) is 27.4. The Bertz CT molecular complexity index is 2310. The lowest BCUT2D eigenvalue weighted by Gasteiger charge is -2.67. The molecule has 0 spiro atoms. The van der Waals surface area contributed by atoms with Crippen molar-refractivity contribution in [3.05, 3.63) is 11.6 Å². The molecule has 0 aromatic carbocycles. The molecule has 4 unspecified atom stereocenters. The van der Waals surface area contributed by atoms with Gasteiger partial charge >= 0.3 is 0 Å². The average Bonchev–Trinajstić information content (AvgIpc) is 1.28. The van der Waals surface area contributed by atoms with Crippen LogP contribution in [0.5, 0.6) is 0 Å². The van der Waals surface area contributed by atoms with Gasteiger partial charge in [0.2, 0.25) is 0 Å². The normalized spacial score (nSPS) is 51.4. The van der Waals surface area contributed by atoms with Gasteiger partial charge in [0.15, 0.2) is 25.2 Å². The van der Waals surface area contributed by atoms with Crippen molar-refractivity contribution in [3.63, 3.8) is 0 Å². The van der Waals surface area contributed by atoms with E-state index >= 15 is 0 Å². The Labute approximate surface area is 513 Å². The highest BCUT2D eigenvalue weighted by Crippen LogP contribution is 2.75. The van der Waals surface area contributed by atoms with Crippen LogP contribution >= 0.6 is 0 Å². The van der Waals surface area contributed by atoms with Crippen LogP contribution in [0.2, 0.25) is 0 Å². The first-order valence-corrected chi connectivity index (χ1v) is 31.8. The van der Waals surface area contributed by atoms with Gasteiger partial charge in [0.05, 0.1) is 80.9 Å². The zero-order valence-corrected chi connectivity index (χ0v) is 51.8. The molecule has 34 atom stereocenters. The Kier molecular flexibility index (Phi) is 22.1. The molecule has 5 saturated heterocycles. The van der Waals surface area contributed by atoms with Crippen LogP contribution in [0.3, 0.4) is 0 Å². The first-order chi connectivity index (χ1) is 41.2. The molecule has 0 radical (unpaired) electrons. The number of hydrogen-bond acceptors (Lipinski definition) is 27. The minimum absolute atomic E-state index is 0.0132. The molecule has 27 nitrogen and oxygen atoms in total. The quantitative estimate of drug-likeness (QED) is 0.0521. The van der Waals surface area contributed by atoms with Gasteiger partial charge in [0.1, 0.15) is 85.5 Å². The van der Waals surface area contributed by atoms with Crippen molar-refractivity contribution >= 4 is 0 Å². The van der Waals surface area contributed by atoms with Crippen molar-refractivity contribution in [1.82, 2.24) is 0 Å². The van der Waals surface area contributed by atoms with Gasteiger partial charge in [-0.2, -0.15) is 0 Å². The van der Waals surface area contributed by atoms with Gasteiger partial charge < -0.3 is 135 Å². The molecule has 0 aromatic heterocycles. The largest absolute Gasteiger partial charge is 0.396 e. The Morgan fingerprint density at radius 2 is 1.14 bits per heavy atom. The minimum Gasteiger partial charge on any atom is -0.396 e. The number of aliphatic hydroxyl groups excluding tert-OH is 17. The lowest BCUT2D eigenvalue weighted by molar-refractivity contribution is -0.383. The maximum Gasteiger partial charge on any atom is 0.187 e. The fourth-order valence-corrected chi connectivity index (χ4v) is 17.7. The van der Waals surface area contributed by atoms with E-state index in [9.17, 15) is 91.9 Å². The number of hydrogen-bond donors (Lipinski definition) is 18. The molecule has 0 bridgehead atoms. The Morgan fingerprint density at radius 1 is 0.591 bits per heavy atom. The SMILES string of the molecule is C[C@H](CC[C@@H](O[C@@H]1O[C@H](CO[C@H]2O[C@H](CO)[C@@H](O)[C@H](O)[C@H]2O)[C@@H](C2C[C@@H](O)[C@H](O)[C@@H](CO)O2)[C@H](O)[C@H]1O[C@@H]1O[C@H](CO)[C@@H](O)[C@H](O)[C@H]1O)C(C)(C)O)C1CC[C@@]2(C)C3CC=C4C(CC[C@H](O[C@@H]5O[C@H](CCO)[C@@H](O)[C@H](O)[C@H]5O)C4(C)C)[C@]3(C)[C@H](O)C[C@]12C. The predicted octanol–water partition coefficient (Wildman–Crippen LogP) is -3.71. The van der Waals surface area contributed by atoms with Crippen LogP contribution in [0, 0.1) is 51.2 Å². The summed E-state index contributed by atoms with van der Waals surface area (Å²) in [6.45, 7) is 12.9. The summed E-state index contributed by atoms with van der Waals surface area (Å²) in [4.78, 5) is 0. The number of allylic oxidation sites excluding steroid dienone is 1. The predicted molar refractivity (Wildman–Crippen MR) is 302 cm³/mol. The van der Waals surface area contributed by atoms with Crippen LogP contribution in [0.15, 0.2) is 11.6 Å². The summed E-state index contributed by atoms with van der Waals surface area (Å²) in [5.41, 5.74) is -2.26. The van der Waals surface area contributed by atoms with E-state index in [0.717, 1.165) is 18.4 Å². The van der Waals surface area contributed by atoms with Crippen molar-refractivity contribution in [1.29, 1.82) is 0 Å². The van der Waals surface area contributed by atoms with Crippen LogP contribution < -0.4 is 0 Å². The minimum atomic E-state index is -2.00. The molecule has 5 heterocycles. The summed E-state index contributed by atoms with van der Waals surface area (Å²) in [7, 11) is 0. The molecule has 3 saturated carbocycles. The monoisotopic (exact) mass is 1270 g/mol. The summed E-state index contributed by atoms with van der Waals surface area (Å²) in [6.07, 6.45) is -32.5. The first kappa shape index (κ1) is 71.0. The highest BCUT2D eigenvalue weighted by atomic mass is 16.8. The summed E-state index contributed by atoms with van der Waals surface area (Å²) in [5, 5.41) is 197. The van der Waals surface area contributed by atoms with Gasteiger partial charge in [-0.25, -0.2) is 0 Å². The van der Waals surface area contributed by atoms with Gasteiger partial charge in [-0.3, -0.25) is 0 Å². The molecule has 4 aliphatic carbocycles. The fourth-order valence-electron chi connectivity index (χ4n) is 17.7. The molecule has 0 amide bonds. The summed E-state index contributed by atoms with van der Waals surface area (Å²) < 4.78 is 55.7. The van der Waals surface area contributed by atoms with Gasteiger partial charge in [-0.05, 0) is 106 Å². The maximum absolute atomic E-state index is 12.8. The third kappa shape index (κ3) is 12.7. The number of ether oxygens (including phenoxy) is 9. The van der Waals surface area contributed by atoms with Crippen LogP contribution in [0.4, 0.5) is 0 Å². The molecule has 18 N–H and O–H groups in total. The van der Waals surface area contributed by atoms with Crippen LogP contribution in [0.1, 0.15) is 120 Å². The van der Waals surface area contributed by atoms with E-state index in [4.69, 9.17) is 42.6 Å². The standard InChI is InChI=1S/C61H104O27/c1-25(26-15-17-59(6)36-12-10-27-28(61(36,8)37(67)20-60(26,59)7)11-14-38(57(27,2)3)86-54-50(77)46(73)42(69)30(82-54)16-18-62)9-13-39(58(4,5)79)87-56-52(88-55-51(78)48(75)44(71)34(23-65)84-55)45(72)40(31-19-29(66)41(68)32(21-63)81-31)35(85-56)24-80-53-49(76)47(74)43(70)33(22-64)83-53/h10,25-26,28-56,62-79H,9,11-24H2,1-8H3/t25-,26?,28?,29-,30-,31?,32-,33-,34-,35-,36?,37-,38+,39-,40-,41+,42-,43-,44-,45+,46+,47+,48+,49-,50-,51-,52-,53+,54+,55+,56+,59+,60-,61+/m1/s1. The zero-order valence-electron chi connectivity index (χ0n) is 51.8. The van der Waals surface area contributed by atoms with E-state index in [1.807, 2.05) is 0 Å². The van der Waals surface area contributed by atoms with E-state index in [-0.39, 0.29) is 60.4 Å². The Balaban J connectivity index is 0.961. The van der Waals surface area contributed by atoms with E-state index < -0.39 is 208 Å². The van der Waals surface area contributed by atoms with Crippen molar-refractivity contribution in [2.45, 2.75) is 285 Å². The topological polar surface area (TPSA) is 447 Å². The fraction of sp³-hybridized carbons (Fsp3) is 0.967. The zero-order chi connectivity index (χ0) is 64.7. The molecule has 27 heteroatoms. The first-order valence-electron chi connectivity index (χ1n) is 31.8. The molecule has 88 heavy (non-hydrogen) atoms. The van der Waals surface area contributed by atoms with Gasteiger partial charge in [-0.15, -0.1) is 0 Å². The molecule has 0 aromatic rings. The van der Waals surface area contributed by atoms with E-state index in [0.29, 0.717) is 32.1 Å². The Hall–Kier alpha value is -1.34. The second-order valence-electron chi connectivity index (χ2n) is 29.0. The number of aliphatic hydroxyl groups is 18. The van der Waals surface area contributed by atoms with E-state index in [1.54, 1.807) is 0 Å². The molecular formula is C61H104O27. The van der Waals surface area contributed by atoms with Crippen LogP contribution in [-0.4, -0.2) is 290 Å². The molecule has 9 aliphatic rings. The highest BCUT2D eigenvalue weighted by molar-refractivity contribution is 5.32. The van der Waals surface area contributed by atoms with Crippen LogP contribution in [-0.2, 0) is 42.6 Å². The molecule has 510 valence electrons. The van der Waals surface area contributed by atoms with E-state index in [2.05, 4.69) is 47.6 Å². The third-order valence-corrected chi connectivity index (χ3v) is 23.3. The van der Waals surface area contributed by atoms with Gasteiger partial charge in [-0.1, -0.05) is 53.2 Å². The maximum atomic E-state index is 12.8. The van der Waals surface area contributed by atoms with E-state index in [1.165, 1.54) is 13.8 Å². The number of rotatable bonds is 20. The van der Waals surface area contributed by atoms with Crippen molar-refractivity contribution in [3.8, 4) is 0 Å². The molecular weight excluding hydrogens is 1160 g/mol. The Morgan fingerprint density at radius 3 is 1.73 bits per heavy atom. The number of fused-ring (bicyclic) bond motifs is 5. The van der Waals surface area contributed by atoms with Crippen LogP contribution in [0.25, 0.3) is 0 Å². The molecule has 8 fully saturated rings. The third-order valence-electron chi connectivity index (χ3n) is 23.3. The molecule has 9 rings (SSSR count). The van der Waals surface area contributed by atoms with Crippen molar-refractivity contribution in [2.24, 2.45) is 51.2 Å². The highest BCUT2D eigenvalue weighted by Gasteiger charge is 2.71. The second-order valence-corrected chi connectivity index (χ2v) is 29.0. The molecule has 5 aliphatic heterocycles. The van der Waals surface area contributed by atoms with Gasteiger partial charge in [0, 0.05) is 29.8 Å². The summed E-state index contributed by atoms with van der Waals surface area (Å²) in [6, 6.07) is 0. The average molecular weight is 1270 g/mol. The summed E-state index contributed by atoms with van der Waals surface area (Å²) >= 11 is 0. The summed E-state index contributed by atoms with van der Waals surface area (Å²) in [5.74, 6) is -1.32. The lowest BCUT2D eigenvalue weighted by atomic mass is 9.38.